The Hall–Kier alpha value is -1.64. The van der Waals surface area contributed by atoms with Gasteiger partial charge in [0.25, 0.3) is 5.91 Å². The third-order valence-corrected chi connectivity index (χ3v) is 2.85. The molecular formula is C15H22N2O. The number of aliphatic imine (C=N–C) groups is 1. The van der Waals surface area contributed by atoms with Gasteiger partial charge in [0, 0.05) is 19.8 Å². The lowest BCUT2D eigenvalue weighted by molar-refractivity contribution is 0.0793. The number of rotatable bonds is 6. The molecule has 1 amide bonds. The molecule has 0 spiro atoms. The molecule has 1 aromatic carbocycles. The average Bonchev–Trinajstić information content (AvgIpc) is 2.39. The first kappa shape index (κ1) is 14.4. The predicted octanol–water partition coefficient (Wildman–Crippen LogP) is 3.67. The van der Waals surface area contributed by atoms with E-state index in [1.165, 1.54) is 6.42 Å². The van der Waals surface area contributed by atoms with E-state index in [1.54, 1.807) is 11.1 Å². The molecule has 1 aromatic rings. The van der Waals surface area contributed by atoms with E-state index in [0.29, 0.717) is 5.56 Å². The van der Waals surface area contributed by atoms with E-state index < -0.39 is 0 Å². The van der Waals surface area contributed by atoms with Crippen LogP contribution in [0.25, 0.3) is 0 Å². The minimum atomic E-state index is 0.0484. The number of hydrogen-bond acceptors (Lipinski definition) is 2. The number of benzene rings is 1. The zero-order chi connectivity index (χ0) is 13.4. The first-order chi connectivity index (χ1) is 8.70. The van der Waals surface area contributed by atoms with E-state index in [1.807, 2.05) is 38.2 Å². The maximum Gasteiger partial charge on any atom is 0.255 e. The molecule has 0 aromatic heterocycles. The summed E-state index contributed by atoms with van der Waals surface area (Å²) in [6, 6.07) is 7.48. The van der Waals surface area contributed by atoms with Crippen molar-refractivity contribution in [1.29, 1.82) is 0 Å². The van der Waals surface area contributed by atoms with Crippen LogP contribution in [0, 0.1) is 0 Å². The monoisotopic (exact) mass is 246 g/mol. The number of unbranched alkanes of at least 4 members (excludes halogenated alkanes) is 2. The smallest absolute Gasteiger partial charge is 0.255 e. The third-order valence-electron chi connectivity index (χ3n) is 2.85. The zero-order valence-electron chi connectivity index (χ0n) is 11.5. The molecule has 0 fully saturated rings. The van der Waals surface area contributed by atoms with Crippen molar-refractivity contribution in [2.24, 2.45) is 4.99 Å². The molecule has 0 saturated carbocycles. The average molecular weight is 246 g/mol. The van der Waals surface area contributed by atoms with Crippen molar-refractivity contribution in [3.8, 4) is 0 Å². The van der Waals surface area contributed by atoms with Gasteiger partial charge in [-0.15, -0.1) is 0 Å². The summed E-state index contributed by atoms with van der Waals surface area (Å²) in [7, 11) is 1.85. The maximum absolute atomic E-state index is 12.3. The van der Waals surface area contributed by atoms with Crippen LogP contribution in [0.2, 0.25) is 0 Å². The zero-order valence-corrected chi connectivity index (χ0v) is 11.5. The quantitative estimate of drug-likeness (QED) is 0.557. The molecule has 0 bridgehead atoms. The Balaban J connectivity index is 2.76. The SMILES string of the molecule is C/C=N\c1ccccc1C(=O)N(C)CCCCC. The van der Waals surface area contributed by atoms with E-state index in [-0.39, 0.29) is 5.91 Å². The molecule has 0 aliphatic heterocycles. The summed E-state index contributed by atoms with van der Waals surface area (Å²) in [5, 5.41) is 0. The van der Waals surface area contributed by atoms with Crippen LogP contribution in [0.1, 0.15) is 43.5 Å². The molecule has 3 heteroatoms. The fourth-order valence-electron chi connectivity index (χ4n) is 1.81. The van der Waals surface area contributed by atoms with Gasteiger partial charge in [-0.25, -0.2) is 0 Å². The molecule has 0 aliphatic carbocycles. The van der Waals surface area contributed by atoms with Crippen LogP contribution in [0.5, 0.6) is 0 Å². The van der Waals surface area contributed by atoms with Crippen LogP contribution >= 0.6 is 0 Å². The van der Waals surface area contributed by atoms with Gasteiger partial charge in [-0.05, 0) is 25.5 Å². The lowest BCUT2D eigenvalue weighted by Crippen LogP contribution is -2.27. The predicted molar refractivity (Wildman–Crippen MR) is 76.8 cm³/mol. The highest BCUT2D eigenvalue weighted by atomic mass is 16.2. The summed E-state index contributed by atoms with van der Waals surface area (Å²) in [6.45, 7) is 4.82. The van der Waals surface area contributed by atoms with Crippen molar-refractivity contribution in [2.75, 3.05) is 13.6 Å². The Labute approximate surface area is 110 Å². The van der Waals surface area contributed by atoms with Crippen molar-refractivity contribution >= 4 is 17.8 Å². The van der Waals surface area contributed by atoms with E-state index in [9.17, 15) is 4.79 Å². The van der Waals surface area contributed by atoms with Gasteiger partial charge in [0.15, 0.2) is 0 Å². The molecule has 0 unspecified atom stereocenters. The van der Waals surface area contributed by atoms with Crippen LogP contribution in [-0.4, -0.2) is 30.6 Å². The Bertz CT molecular complexity index is 413. The summed E-state index contributed by atoms with van der Waals surface area (Å²) in [5.74, 6) is 0.0484. The third kappa shape index (κ3) is 3.99. The van der Waals surface area contributed by atoms with Crippen LogP contribution in [0.15, 0.2) is 29.3 Å². The molecule has 0 aliphatic rings. The van der Waals surface area contributed by atoms with Gasteiger partial charge in [-0.3, -0.25) is 9.79 Å². The topological polar surface area (TPSA) is 32.7 Å². The lowest BCUT2D eigenvalue weighted by Gasteiger charge is -2.17. The highest BCUT2D eigenvalue weighted by Crippen LogP contribution is 2.19. The van der Waals surface area contributed by atoms with Gasteiger partial charge in [0.1, 0.15) is 0 Å². The number of hydrogen-bond donors (Lipinski definition) is 0. The fourth-order valence-corrected chi connectivity index (χ4v) is 1.81. The Morgan fingerprint density at radius 3 is 2.72 bits per heavy atom. The number of para-hydroxylation sites is 1. The van der Waals surface area contributed by atoms with Crippen molar-refractivity contribution < 1.29 is 4.79 Å². The van der Waals surface area contributed by atoms with Crippen LogP contribution < -0.4 is 0 Å². The largest absolute Gasteiger partial charge is 0.342 e. The van der Waals surface area contributed by atoms with Crippen molar-refractivity contribution in [3.63, 3.8) is 0 Å². The minimum Gasteiger partial charge on any atom is -0.342 e. The molecule has 0 heterocycles. The lowest BCUT2D eigenvalue weighted by atomic mass is 10.1. The van der Waals surface area contributed by atoms with Gasteiger partial charge in [0.2, 0.25) is 0 Å². The second-order valence-corrected chi connectivity index (χ2v) is 4.34. The van der Waals surface area contributed by atoms with E-state index >= 15 is 0 Å². The first-order valence-electron chi connectivity index (χ1n) is 6.53. The maximum atomic E-state index is 12.3. The van der Waals surface area contributed by atoms with Gasteiger partial charge in [-0.1, -0.05) is 31.9 Å². The summed E-state index contributed by atoms with van der Waals surface area (Å²) in [5.41, 5.74) is 1.42. The molecule has 18 heavy (non-hydrogen) atoms. The van der Waals surface area contributed by atoms with Gasteiger partial charge < -0.3 is 4.90 Å². The Kier molecular flexibility index (Phi) is 6.12. The summed E-state index contributed by atoms with van der Waals surface area (Å²) < 4.78 is 0. The summed E-state index contributed by atoms with van der Waals surface area (Å²) >= 11 is 0. The minimum absolute atomic E-state index is 0.0484. The molecule has 98 valence electrons. The van der Waals surface area contributed by atoms with Crippen LogP contribution in [0.3, 0.4) is 0 Å². The second-order valence-electron chi connectivity index (χ2n) is 4.34. The van der Waals surface area contributed by atoms with E-state index in [4.69, 9.17) is 0 Å². The summed E-state index contributed by atoms with van der Waals surface area (Å²) in [6.07, 6.45) is 5.09. The van der Waals surface area contributed by atoms with Gasteiger partial charge >= 0.3 is 0 Å². The Morgan fingerprint density at radius 2 is 2.06 bits per heavy atom. The fraction of sp³-hybridized carbons (Fsp3) is 0.467. The molecule has 0 atom stereocenters. The standard InChI is InChI=1S/C15H22N2O/c1-4-6-9-12-17(3)15(18)13-10-7-8-11-14(13)16-5-2/h5,7-8,10-11H,4,6,9,12H2,1-3H3/b16-5-. The molecule has 0 N–H and O–H groups in total. The first-order valence-corrected chi connectivity index (χ1v) is 6.53. The molecule has 0 saturated heterocycles. The van der Waals surface area contributed by atoms with E-state index in [0.717, 1.165) is 25.1 Å². The summed E-state index contributed by atoms with van der Waals surface area (Å²) in [4.78, 5) is 18.3. The number of carbonyl (C=O) groups excluding carboxylic acids is 1. The number of amides is 1. The van der Waals surface area contributed by atoms with Crippen molar-refractivity contribution in [1.82, 2.24) is 4.90 Å². The van der Waals surface area contributed by atoms with Crippen LogP contribution in [-0.2, 0) is 0 Å². The molecule has 1 rings (SSSR count). The van der Waals surface area contributed by atoms with Gasteiger partial charge in [-0.2, -0.15) is 0 Å². The van der Waals surface area contributed by atoms with Crippen molar-refractivity contribution in [2.45, 2.75) is 33.1 Å². The van der Waals surface area contributed by atoms with E-state index in [2.05, 4.69) is 11.9 Å². The normalized spacial score (nSPS) is 10.8. The van der Waals surface area contributed by atoms with Crippen LogP contribution in [0.4, 0.5) is 5.69 Å². The molecule has 3 nitrogen and oxygen atoms in total. The number of nitrogens with zero attached hydrogens (tertiary/aromatic N) is 2. The van der Waals surface area contributed by atoms with Gasteiger partial charge in [0.05, 0.1) is 11.3 Å². The molecular weight excluding hydrogens is 224 g/mol. The Morgan fingerprint density at radius 1 is 1.33 bits per heavy atom. The second kappa shape index (κ2) is 7.64. The van der Waals surface area contributed by atoms with Crippen molar-refractivity contribution in [3.05, 3.63) is 29.8 Å². The number of carbonyl (C=O) groups is 1. The molecule has 0 radical (unpaired) electrons. The highest BCUT2D eigenvalue weighted by Gasteiger charge is 2.14. The highest BCUT2D eigenvalue weighted by molar-refractivity contribution is 5.99.